The van der Waals surface area contributed by atoms with E-state index < -0.39 is 0 Å². The second-order valence-corrected chi connectivity index (χ2v) is 6.68. The van der Waals surface area contributed by atoms with E-state index in [2.05, 4.69) is 4.98 Å². The molecule has 6 heteroatoms. The molecule has 0 spiro atoms. The van der Waals surface area contributed by atoms with Crippen LogP contribution in [0, 0.1) is 0 Å². The predicted octanol–water partition coefficient (Wildman–Crippen LogP) is 3.51. The number of nitrogens with zero attached hydrogens (tertiary/aromatic N) is 2. The van der Waals surface area contributed by atoms with Crippen LogP contribution >= 0.6 is 24.0 Å². The average molecular weight is 330 g/mol. The van der Waals surface area contributed by atoms with Gasteiger partial charge in [-0.25, -0.2) is 0 Å². The molecular weight excluding hydrogens is 316 g/mol. The van der Waals surface area contributed by atoms with Crippen LogP contribution in [0.3, 0.4) is 0 Å². The maximum atomic E-state index is 12.6. The van der Waals surface area contributed by atoms with Crippen LogP contribution in [-0.4, -0.2) is 25.4 Å². The van der Waals surface area contributed by atoms with Crippen molar-refractivity contribution >= 4 is 40.3 Å². The lowest BCUT2D eigenvalue weighted by molar-refractivity contribution is -0.126. The van der Waals surface area contributed by atoms with E-state index in [1.807, 2.05) is 31.2 Å². The summed E-state index contributed by atoms with van der Waals surface area (Å²) in [4.78, 5) is 18.3. The summed E-state index contributed by atoms with van der Waals surface area (Å²) in [6.07, 6.45) is 7.06. The van der Waals surface area contributed by atoms with Crippen LogP contribution in [0.2, 0.25) is 0 Å². The van der Waals surface area contributed by atoms with Crippen molar-refractivity contribution in [2.45, 2.75) is 18.7 Å². The van der Waals surface area contributed by atoms with E-state index in [9.17, 15) is 4.79 Å². The Hall–Kier alpha value is -1.92. The van der Waals surface area contributed by atoms with Gasteiger partial charge >= 0.3 is 0 Å². The summed E-state index contributed by atoms with van der Waals surface area (Å²) in [6, 6.07) is 7.47. The van der Waals surface area contributed by atoms with Crippen molar-refractivity contribution in [2.75, 3.05) is 0 Å². The number of thiocarbonyl (C=S) groups is 1. The summed E-state index contributed by atoms with van der Waals surface area (Å²) in [5, 5.41) is -0.275. The van der Waals surface area contributed by atoms with Crippen molar-refractivity contribution < 1.29 is 9.21 Å². The third-order valence-corrected chi connectivity index (χ3v) is 5.06. The van der Waals surface area contributed by atoms with Crippen LogP contribution < -0.4 is 0 Å². The molecule has 4 nitrogen and oxygen atoms in total. The smallest absolute Gasteiger partial charge is 0.246 e. The van der Waals surface area contributed by atoms with Crippen LogP contribution in [-0.2, 0) is 11.3 Å². The van der Waals surface area contributed by atoms with Crippen LogP contribution in [0.1, 0.15) is 18.2 Å². The number of rotatable bonds is 4. The number of furan rings is 1. The van der Waals surface area contributed by atoms with Crippen molar-refractivity contribution in [3.05, 3.63) is 59.8 Å². The van der Waals surface area contributed by atoms with Gasteiger partial charge in [-0.2, -0.15) is 0 Å². The second kappa shape index (κ2) is 6.46. The van der Waals surface area contributed by atoms with E-state index in [4.69, 9.17) is 16.6 Å². The largest absolute Gasteiger partial charge is 0.467 e. The van der Waals surface area contributed by atoms with Crippen molar-refractivity contribution in [3.8, 4) is 0 Å². The Balaban J connectivity index is 1.77. The van der Waals surface area contributed by atoms with Crippen LogP contribution in [0.15, 0.2) is 52.9 Å². The minimum absolute atomic E-state index is 0.00374. The summed E-state index contributed by atoms with van der Waals surface area (Å²) in [6.45, 7) is 2.33. The maximum Gasteiger partial charge on any atom is 0.246 e. The molecule has 112 valence electrons. The first-order valence-corrected chi connectivity index (χ1v) is 8.06. The van der Waals surface area contributed by atoms with Crippen molar-refractivity contribution in [3.63, 3.8) is 0 Å². The summed E-state index contributed by atoms with van der Waals surface area (Å²) >= 11 is 6.75. The molecule has 2 aromatic rings. The van der Waals surface area contributed by atoms with Crippen LogP contribution in [0.25, 0.3) is 6.08 Å². The monoisotopic (exact) mass is 330 g/mol. The predicted molar refractivity (Wildman–Crippen MR) is 91.1 cm³/mol. The number of hydrogen-bond acceptors (Lipinski definition) is 5. The van der Waals surface area contributed by atoms with E-state index in [0.29, 0.717) is 10.9 Å². The van der Waals surface area contributed by atoms with Gasteiger partial charge in [0.15, 0.2) is 0 Å². The number of aromatic nitrogens is 1. The number of carbonyl (C=O) groups excluding carboxylic acids is 1. The van der Waals surface area contributed by atoms with Gasteiger partial charge in [-0.3, -0.25) is 14.7 Å². The zero-order valence-corrected chi connectivity index (χ0v) is 13.6. The van der Waals surface area contributed by atoms with Crippen molar-refractivity contribution in [2.24, 2.45) is 0 Å². The normalized spacial score (nSPS) is 19.0. The molecule has 1 unspecified atom stereocenters. The van der Waals surface area contributed by atoms with E-state index >= 15 is 0 Å². The fourth-order valence-electron chi connectivity index (χ4n) is 2.23. The lowest BCUT2D eigenvalue weighted by atomic mass is 10.1. The Labute approximate surface area is 138 Å². The molecule has 1 aliphatic rings. The zero-order valence-electron chi connectivity index (χ0n) is 11.9. The zero-order chi connectivity index (χ0) is 15.5. The molecule has 1 amide bonds. The van der Waals surface area contributed by atoms with Crippen molar-refractivity contribution in [1.29, 1.82) is 0 Å². The minimum Gasteiger partial charge on any atom is -0.467 e. The third-order valence-electron chi connectivity index (χ3n) is 3.32. The molecule has 1 atom stereocenters. The van der Waals surface area contributed by atoms with Gasteiger partial charge in [0.05, 0.1) is 12.8 Å². The molecule has 2 aromatic heterocycles. The topological polar surface area (TPSA) is 46.3 Å². The van der Waals surface area contributed by atoms with Gasteiger partial charge in [-0.15, -0.1) is 0 Å². The molecule has 0 radical (unpaired) electrons. The summed E-state index contributed by atoms with van der Waals surface area (Å²) in [5.41, 5.74) is 1.94. The molecule has 22 heavy (non-hydrogen) atoms. The first-order valence-electron chi connectivity index (χ1n) is 6.78. The van der Waals surface area contributed by atoms with E-state index in [1.54, 1.807) is 29.6 Å². The molecule has 3 heterocycles. The quantitative estimate of drug-likeness (QED) is 0.803. The van der Waals surface area contributed by atoms with Crippen LogP contribution in [0.4, 0.5) is 0 Å². The van der Waals surface area contributed by atoms with Gasteiger partial charge in [0.1, 0.15) is 15.3 Å². The SMILES string of the molecule is C/C(=C\c1cccnc1)C1SC(=S)N(Cc2ccco2)C1=O. The Morgan fingerprint density at radius 2 is 2.36 bits per heavy atom. The molecule has 1 saturated heterocycles. The number of carbonyl (C=O) groups is 1. The molecule has 0 bridgehead atoms. The number of amides is 1. The molecule has 0 saturated carbocycles. The van der Waals surface area contributed by atoms with Crippen LogP contribution in [0.5, 0.6) is 0 Å². The fourth-order valence-corrected chi connectivity index (χ4v) is 3.64. The summed E-state index contributed by atoms with van der Waals surface area (Å²) in [5.74, 6) is 0.731. The minimum atomic E-state index is -0.275. The maximum absolute atomic E-state index is 12.6. The molecule has 0 N–H and O–H groups in total. The highest BCUT2D eigenvalue weighted by molar-refractivity contribution is 8.24. The van der Waals surface area contributed by atoms with E-state index in [-0.39, 0.29) is 11.2 Å². The molecule has 1 aliphatic heterocycles. The Morgan fingerprint density at radius 3 is 3.05 bits per heavy atom. The van der Waals surface area contributed by atoms with Gasteiger partial charge in [-0.1, -0.05) is 36.1 Å². The lowest BCUT2D eigenvalue weighted by Crippen LogP contribution is -2.31. The number of thioether (sulfide) groups is 1. The Bertz CT molecular complexity index is 711. The highest BCUT2D eigenvalue weighted by Gasteiger charge is 2.38. The number of hydrogen-bond donors (Lipinski definition) is 0. The molecule has 0 aliphatic carbocycles. The standard InChI is InChI=1S/C16H14N2O2S2/c1-11(8-12-4-2-6-17-9-12)14-15(19)18(16(21)22-14)10-13-5-3-7-20-13/h2-9,14H,10H2,1H3/b11-8+. The fraction of sp³-hybridized carbons (Fsp3) is 0.188. The van der Waals surface area contributed by atoms with Gasteiger partial charge in [0, 0.05) is 12.4 Å². The first kappa shape index (κ1) is 15.0. The average Bonchev–Trinajstić information content (AvgIpc) is 3.12. The van der Waals surface area contributed by atoms with Gasteiger partial charge in [0.25, 0.3) is 0 Å². The van der Waals surface area contributed by atoms with Gasteiger partial charge in [-0.05, 0) is 36.3 Å². The molecule has 3 rings (SSSR count). The summed E-state index contributed by atoms with van der Waals surface area (Å²) < 4.78 is 5.89. The Kier molecular flexibility index (Phi) is 4.40. The number of pyridine rings is 1. The van der Waals surface area contributed by atoms with Gasteiger partial charge in [0.2, 0.25) is 5.91 Å². The molecule has 0 aromatic carbocycles. The first-order chi connectivity index (χ1) is 10.6. The second-order valence-electron chi connectivity index (χ2n) is 4.94. The molecular formula is C16H14N2O2S2. The van der Waals surface area contributed by atoms with Crippen molar-refractivity contribution in [1.82, 2.24) is 9.88 Å². The van der Waals surface area contributed by atoms with Gasteiger partial charge < -0.3 is 4.42 Å². The Morgan fingerprint density at radius 1 is 1.50 bits per heavy atom. The summed E-state index contributed by atoms with van der Waals surface area (Å²) in [7, 11) is 0. The molecule has 1 fully saturated rings. The van der Waals surface area contributed by atoms with E-state index in [1.165, 1.54) is 11.8 Å². The highest BCUT2D eigenvalue weighted by atomic mass is 32.2. The van der Waals surface area contributed by atoms with E-state index in [0.717, 1.165) is 16.9 Å². The lowest BCUT2D eigenvalue weighted by Gasteiger charge is -2.14. The highest BCUT2D eigenvalue weighted by Crippen LogP contribution is 2.33. The third kappa shape index (κ3) is 3.13.